The summed E-state index contributed by atoms with van der Waals surface area (Å²) in [7, 11) is 0. The molecule has 2 unspecified atom stereocenters. The summed E-state index contributed by atoms with van der Waals surface area (Å²) < 4.78 is 0. The topological polar surface area (TPSA) is 55.1 Å². The third kappa shape index (κ3) is 4.46. The molecule has 3 nitrogen and oxygen atoms in total. The van der Waals surface area contributed by atoms with Crippen molar-refractivity contribution in [2.45, 2.75) is 51.0 Å². The van der Waals surface area contributed by atoms with E-state index in [9.17, 15) is 4.79 Å². The van der Waals surface area contributed by atoms with Crippen LogP contribution in [0.2, 0.25) is 5.02 Å². The van der Waals surface area contributed by atoms with Gasteiger partial charge in [0.05, 0.1) is 0 Å². The van der Waals surface area contributed by atoms with E-state index in [1.165, 1.54) is 22.3 Å². The number of likely N-dealkylation sites (N-methyl/N-ethyl adjacent to an activating group) is 1. The number of fused-ring (bicyclic) bond motifs is 1. The molecule has 2 atom stereocenters. The van der Waals surface area contributed by atoms with Gasteiger partial charge in [0.1, 0.15) is 0 Å². The summed E-state index contributed by atoms with van der Waals surface area (Å²) in [5.41, 5.74) is 10.5. The van der Waals surface area contributed by atoms with E-state index in [1.54, 1.807) is 0 Å². The number of halogens is 1. The Kier molecular flexibility index (Phi) is 6.33. The Morgan fingerprint density at radius 1 is 1.27 bits per heavy atom. The fourth-order valence-electron chi connectivity index (χ4n) is 4.03. The van der Waals surface area contributed by atoms with Crippen LogP contribution in [-0.2, 0) is 24.1 Å². The van der Waals surface area contributed by atoms with Crippen LogP contribution in [0.25, 0.3) is 0 Å². The lowest BCUT2D eigenvalue weighted by molar-refractivity contribution is -0.117. The molecular formula is C22H27ClN2O. The van der Waals surface area contributed by atoms with Gasteiger partial charge < -0.3 is 11.1 Å². The molecule has 0 aromatic heterocycles. The van der Waals surface area contributed by atoms with Crippen LogP contribution >= 0.6 is 11.6 Å². The van der Waals surface area contributed by atoms with Crippen LogP contribution in [0.3, 0.4) is 0 Å². The fourth-order valence-corrected chi connectivity index (χ4v) is 4.24. The Balaban J connectivity index is 1.92. The van der Waals surface area contributed by atoms with Crippen molar-refractivity contribution >= 4 is 17.5 Å². The summed E-state index contributed by atoms with van der Waals surface area (Å²) >= 11 is 6.44. The number of nitrogens with two attached hydrogens (primary N) is 1. The summed E-state index contributed by atoms with van der Waals surface area (Å²) in [6.07, 6.45) is 4.24. The first-order valence-corrected chi connectivity index (χ1v) is 9.83. The van der Waals surface area contributed by atoms with Crippen LogP contribution in [0, 0.1) is 0 Å². The number of carbonyl (C=O) groups excluding carboxylic acids is 1. The number of hydrogen-bond donors (Lipinski definition) is 2. The van der Waals surface area contributed by atoms with Crippen LogP contribution in [0.15, 0.2) is 42.5 Å². The number of primary amides is 1. The second kappa shape index (κ2) is 8.70. The molecule has 4 heteroatoms. The van der Waals surface area contributed by atoms with Gasteiger partial charge in [-0.15, -0.1) is 0 Å². The lowest BCUT2D eigenvalue weighted by atomic mass is 9.75. The molecule has 2 aromatic carbocycles. The van der Waals surface area contributed by atoms with E-state index in [0.717, 1.165) is 30.8 Å². The van der Waals surface area contributed by atoms with Crippen LogP contribution in [-0.4, -0.2) is 18.5 Å². The second-order valence-corrected chi connectivity index (χ2v) is 7.51. The average Bonchev–Trinajstić information content (AvgIpc) is 2.63. The van der Waals surface area contributed by atoms with Crippen LogP contribution in [0.5, 0.6) is 0 Å². The van der Waals surface area contributed by atoms with E-state index < -0.39 is 0 Å². The van der Waals surface area contributed by atoms with Gasteiger partial charge in [0, 0.05) is 23.4 Å². The first-order chi connectivity index (χ1) is 12.6. The molecule has 3 N–H and O–H groups in total. The monoisotopic (exact) mass is 370 g/mol. The number of nitrogens with one attached hydrogen (secondary N) is 1. The molecule has 0 saturated heterocycles. The van der Waals surface area contributed by atoms with Crippen LogP contribution in [0.4, 0.5) is 0 Å². The summed E-state index contributed by atoms with van der Waals surface area (Å²) in [5.74, 6) is 0.132. The predicted molar refractivity (Wildman–Crippen MR) is 108 cm³/mol. The Morgan fingerprint density at radius 3 is 2.81 bits per heavy atom. The Hall–Kier alpha value is -1.84. The van der Waals surface area contributed by atoms with Gasteiger partial charge in [-0.2, -0.15) is 0 Å². The van der Waals surface area contributed by atoms with Gasteiger partial charge >= 0.3 is 0 Å². The van der Waals surface area contributed by atoms with Crippen molar-refractivity contribution in [3.8, 4) is 0 Å². The van der Waals surface area contributed by atoms with Gasteiger partial charge in [-0.05, 0) is 60.5 Å². The highest BCUT2D eigenvalue weighted by Gasteiger charge is 2.29. The summed E-state index contributed by atoms with van der Waals surface area (Å²) in [4.78, 5) is 11.1. The normalized spacial score (nSPS) is 19.2. The van der Waals surface area contributed by atoms with Gasteiger partial charge in [-0.25, -0.2) is 0 Å². The third-order valence-electron chi connectivity index (χ3n) is 5.34. The van der Waals surface area contributed by atoms with Crippen molar-refractivity contribution < 1.29 is 4.79 Å². The smallest absolute Gasteiger partial charge is 0.217 e. The molecule has 0 spiro atoms. The van der Waals surface area contributed by atoms with E-state index in [2.05, 4.69) is 42.6 Å². The van der Waals surface area contributed by atoms with E-state index in [-0.39, 0.29) is 5.91 Å². The molecule has 1 aliphatic carbocycles. The first kappa shape index (κ1) is 18.9. The third-order valence-corrected chi connectivity index (χ3v) is 5.71. The molecular weight excluding hydrogens is 344 g/mol. The molecule has 0 heterocycles. The van der Waals surface area contributed by atoms with Crippen LogP contribution < -0.4 is 11.1 Å². The van der Waals surface area contributed by atoms with Gasteiger partial charge in [0.25, 0.3) is 0 Å². The molecule has 0 aliphatic heterocycles. The standard InChI is InChI=1S/C22H27ClN2O/c1-2-25-21-11-10-16-9-7-15(8-12-22(24)26)13-18(16)19(21)14-17-5-3-4-6-20(17)23/h3-7,9,13,19,21,25H,2,8,10-12,14H2,1H3,(H2,24,26). The summed E-state index contributed by atoms with van der Waals surface area (Å²) in [6.45, 7) is 3.12. The Morgan fingerprint density at radius 2 is 2.08 bits per heavy atom. The number of rotatable bonds is 7. The zero-order valence-electron chi connectivity index (χ0n) is 15.3. The number of hydrogen-bond acceptors (Lipinski definition) is 2. The zero-order chi connectivity index (χ0) is 18.5. The Bertz CT molecular complexity index is 774. The maximum atomic E-state index is 11.1. The minimum Gasteiger partial charge on any atom is -0.370 e. The highest BCUT2D eigenvalue weighted by molar-refractivity contribution is 6.31. The number of aryl methyl sites for hydroxylation is 2. The first-order valence-electron chi connectivity index (χ1n) is 9.45. The molecule has 0 radical (unpaired) electrons. The molecule has 0 bridgehead atoms. The van der Waals surface area contributed by atoms with E-state index in [0.29, 0.717) is 24.8 Å². The average molecular weight is 371 g/mol. The van der Waals surface area contributed by atoms with Gasteiger partial charge in [-0.3, -0.25) is 4.79 Å². The fraction of sp³-hybridized carbons (Fsp3) is 0.409. The molecule has 2 aromatic rings. The van der Waals surface area contributed by atoms with E-state index >= 15 is 0 Å². The molecule has 26 heavy (non-hydrogen) atoms. The van der Waals surface area contributed by atoms with Crippen molar-refractivity contribution in [3.63, 3.8) is 0 Å². The number of benzene rings is 2. The predicted octanol–water partition coefficient (Wildman–Crippen LogP) is 4.01. The minimum absolute atomic E-state index is 0.249. The van der Waals surface area contributed by atoms with Crippen molar-refractivity contribution in [2.75, 3.05) is 6.54 Å². The van der Waals surface area contributed by atoms with Crippen molar-refractivity contribution in [1.82, 2.24) is 5.32 Å². The maximum absolute atomic E-state index is 11.1. The molecule has 1 aliphatic rings. The second-order valence-electron chi connectivity index (χ2n) is 7.10. The zero-order valence-corrected chi connectivity index (χ0v) is 16.1. The van der Waals surface area contributed by atoms with Crippen molar-refractivity contribution in [3.05, 3.63) is 69.7 Å². The molecule has 3 rings (SSSR count). The van der Waals surface area contributed by atoms with E-state index in [4.69, 9.17) is 17.3 Å². The summed E-state index contributed by atoms with van der Waals surface area (Å²) in [6, 6.07) is 15.2. The molecule has 0 saturated carbocycles. The Labute approximate surface area is 160 Å². The largest absolute Gasteiger partial charge is 0.370 e. The van der Waals surface area contributed by atoms with Gasteiger partial charge in [0.2, 0.25) is 5.91 Å². The van der Waals surface area contributed by atoms with Gasteiger partial charge in [0.15, 0.2) is 0 Å². The minimum atomic E-state index is -0.249. The SMILES string of the molecule is CCNC1CCc2ccc(CCC(N)=O)cc2C1Cc1ccccc1Cl. The highest BCUT2D eigenvalue weighted by Crippen LogP contribution is 2.36. The summed E-state index contributed by atoms with van der Waals surface area (Å²) in [5, 5.41) is 4.50. The quantitative estimate of drug-likeness (QED) is 0.773. The molecule has 1 amide bonds. The van der Waals surface area contributed by atoms with Crippen molar-refractivity contribution in [2.24, 2.45) is 5.73 Å². The van der Waals surface area contributed by atoms with E-state index in [1.807, 2.05) is 12.1 Å². The van der Waals surface area contributed by atoms with Gasteiger partial charge in [-0.1, -0.05) is 54.9 Å². The van der Waals surface area contributed by atoms with Crippen molar-refractivity contribution in [1.29, 1.82) is 0 Å². The number of amides is 1. The van der Waals surface area contributed by atoms with Crippen LogP contribution in [0.1, 0.15) is 47.9 Å². The number of carbonyl (C=O) groups is 1. The lowest BCUT2D eigenvalue weighted by Gasteiger charge is -2.35. The highest BCUT2D eigenvalue weighted by atomic mass is 35.5. The maximum Gasteiger partial charge on any atom is 0.217 e. The molecule has 138 valence electrons. The lowest BCUT2D eigenvalue weighted by Crippen LogP contribution is -2.39. The molecule has 0 fully saturated rings.